The fraction of sp³-hybridized carbons (Fsp3) is 0.208. The molecular weight excluding hydrogens is 412 g/mol. The van der Waals surface area contributed by atoms with Gasteiger partial charge in [-0.2, -0.15) is 0 Å². The Morgan fingerprint density at radius 2 is 1.55 bits per heavy atom. The minimum Gasteiger partial charge on any atom is -0.491 e. The molecule has 162 valence electrons. The molecule has 0 saturated heterocycles. The van der Waals surface area contributed by atoms with E-state index in [1.807, 2.05) is 19.9 Å². The molecule has 6 nitrogen and oxygen atoms in total. The van der Waals surface area contributed by atoms with Gasteiger partial charge in [0.2, 0.25) is 0 Å². The number of nitrogens with zero attached hydrogens (tertiary/aromatic N) is 1. The highest BCUT2D eigenvalue weighted by Crippen LogP contribution is 2.24. The highest BCUT2D eigenvalue weighted by Gasteiger charge is 2.23. The van der Waals surface area contributed by atoms with E-state index >= 15 is 0 Å². The largest absolute Gasteiger partial charge is 0.491 e. The molecule has 0 saturated carbocycles. The summed E-state index contributed by atoms with van der Waals surface area (Å²) in [4.78, 5) is 12.6. The van der Waals surface area contributed by atoms with E-state index in [2.05, 4.69) is 5.32 Å². The number of para-hydroxylation sites is 1. The summed E-state index contributed by atoms with van der Waals surface area (Å²) in [6.07, 6.45) is 0.0555. The lowest BCUT2D eigenvalue weighted by atomic mass is 10.2. The van der Waals surface area contributed by atoms with E-state index in [9.17, 15) is 13.2 Å². The van der Waals surface area contributed by atoms with Gasteiger partial charge in [0.1, 0.15) is 5.75 Å². The molecule has 0 bridgehead atoms. The van der Waals surface area contributed by atoms with Crippen LogP contribution in [0.4, 0.5) is 11.4 Å². The molecule has 1 N–H and O–H groups in total. The SMILES string of the molecule is CCN(c1ccccc1)S(=O)(=O)c1ccc(NC(=O)c2ccc(OC(C)C)cc2)cc1. The number of sulfonamides is 1. The van der Waals surface area contributed by atoms with Crippen LogP contribution in [0, 0.1) is 0 Å². The Morgan fingerprint density at radius 3 is 2.10 bits per heavy atom. The maximum Gasteiger partial charge on any atom is 0.264 e. The Hall–Kier alpha value is -3.32. The van der Waals surface area contributed by atoms with Crippen molar-refractivity contribution in [2.24, 2.45) is 0 Å². The van der Waals surface area contributed by atoms with Crippen LogP contribution in [0.25, 0.3) is 0 Å². The summed E-state index contributed by atoms with van der Waals surface area (Å²) in [6.45, 7) is 5.96. The minimum atomic E-state index is -3.71. The molecule has 0 aromatic heterocycles. The molecule has 0 aliphatic heterocycles. The summed E-state index contributed by atoms with van der Waals surface area (Å²) in [5.41, 5.74) is 1.59. The molecular formula is C24H26N2O4S. The van der Waals surface area contributed by atoms with Crippen molar-refractivity contribution in [3.63, 3.8) is 0 Å². The summed E-state index contributed by atoms with van der Waals surface area (Å²) in [7, 11) is -3.71. The molecule has 0 aliphatic rings. The quantitative estimate of drug-likeness (QED) is 0.540. The van der Waals surface area contributed by atoms with Crippen molar-refractivity contribution in [3.05, 3.63) is 84.4 Å². The van der Waals surface area contributed by atoms with Gasteiger partial charge in [-0.1, -0.05) is 18.2 Å². The van der Waals surface area contributed by atoms with Crippen molar-refractivity contribution in [3.8, 4) is 5.75 Å². The number of hydrogen-bond acceptors (Lipinski definition) is 4. The standard InChI is InChI=1S/C24H26N2O4S/c1-4-26(21-8-6-5-7-9-21)31(28,29)23-16-12-20(13-17-23)25-24(27)19-10-14-22(15-11-19)30-18(2)3/h5-18H,4H2,1-3H3,(H,25,27). The number of rotatable bonds is 8. The maximum atomic E-state index is 13.1. The third-order valence-corrected chi connectivity index (χ3v) is 6.44. The van der Waals surface area contributed by atoms with Crippen LogP contribution < -0.4 is 14.4 Å². The van der Waals surface area contributed by atoms with Gasteiger partial charge in [-0.3, -0.25) is 9.10 Å². The Kier molecular flexibility index (Phi) is 6.97. The summed E-state index contributed by atoms with van der Waals surface area (Å²) in [5, 5.41) is 2.78. The fourth-order valence-corrected chi connectivity index (χ4v) is 4.56. The van der Waals surface area contributed by atoms with Gasteiger partial charge >= 0.3 is 0 Å². The number of hydrogen-bond donors (Lipinski definition) is 1. The van der Waals surface area contributed by atoms with Crippen LogP contribution in [0.3, 0.4) is 0 Å². The predicted octanol–water partition coefficient (Wildman–Crippen LogP) is 4.94. The molecule has 0 radical (unpaired) electrons. The van der Waals surface area contributed by atoms with Crippen molar-refractivity contribution >= 4 is 27.3 Å². The number of benzene rings is 3. The Bertz CT molecular complexity index is 1110. The lowest BCUT2D eigenvalue weighted by Gasteiger charge is -2.23. The van der Waals surface area contributed by atoms with Crippen LogP contribution in [-0.4, -0.2) is 27.0 Å². The average molecular weight is 439 g/mol. The van der Waals surface area contributed by atoms with Gasteiger partial charge in [-0.25, -0.2) is 8.42 Å². The topological polar surface area (TPSA) is 75.7 Å². The third kappa shape index (κ3) is 5.44. The first-order valence-electron chi connectivity index (χ1n) is 10.1. The minimum absolute atomic E-state index is 0.0555. The predicted molar refractivity (Wildman–Crippen MR) is 123 cm³/mol. The monoisotopic (exact) mass is 438 g/mol. The Labute approximate surface area is 183 Å². The van der Waals surface area contributed by atoms with E-state index in [1.165, 1.54) is 16.4 Å². The summed E-state index contributed by atoms with van der Waals surface area (Å²) in [5.74, 6) is 0.408. The number of ether oxygens (including phenoxy) is 1. The van der Waals surface area contributed by atoms with Crippen LogP contribution in [0.15, 0.2) is 83.8 Å². The molecule has 0 unspecified atom stereocenters. The Morgan fingerprint density at radius 1 is 0.935 bits per heavy atom. The van der Waals surface area contributed by atoms with E-state index in [1.54, 1.807) is 67.6 Å². The lowest BCUT2D eigenvalue weighted by Crippen LogP contribution is -2.30. The Balaban J connectivity index is 1.73. The van der Waals surface area contributed by atoms with E-state index in [0.717, 1.165) is 0 Å². The normalized spacial score (nSPS) is 11.2. The van der Waals surface area contributed by atoms with E-state index in [-0.39, 0.29) is 16.9 Å². The zero-order chi connectivity index (χ0) is 22.4. The number of carbonyl (C=O) groups excluding carboxylic acids is 1. The van der Waals surface area contributed by atoms with Crippen molar-refractivity contribution in [2.75, 3.05) is 16.2 Å². The zero-order valence-corrected chi connectivity index (χ0v) is 18.6. The third-order valence-electron chi connectivity index (χ3n) is 4.52. The highest BCUT2D eigenvalue weighted by molar-refractivity contribution is 7.92. The number of anilines is 2. The van der Waals surface area contributed by atoms with Crippen LogP contribution >= 0.6 is 0 Å². The number of amides is 1. The summed E-state index contributed by atoms with van der Waals surface area (Å²) < 4.78 is 33.0. The molecule has 0 aliphatic carbocycles. The maximum absolute atomic E-state index is 13.1. The number of nitrogens with one attached hydrogen (secondary N) is 1. The van der Waals surface area contributed by atoms with Gasteiger partial charge < -0.3 is 10.1 Å². The van der Waals surface area contributed by atoms with Crippen molar-refractivity contribution in [2.45, 2.75) is 31.8 Å². The second-order valence-corrected chi connectivity index (χ2v) is 9.04. The molecule has 0 heterocycles. The molecule has 0 spiro atoms. The molecule has 3 rings (SSSR count). The van der Waals surface area contributed by atoms with Gasteiger partial charge in [-0.15, -0.1) is 0 Å². The molecule has 31 heavy (non-hydrogen) atoms. The smallest absolute Gasteiger partial charge is 0.264 e. The van der Waals surface area contributed by atoms with Crippen molar-refractivity contribution in [1.82, 2.24) is 0 Å². The van der Waals surface area contributed by atoms with Crippen molar-refractivity contribution < 1.29 is 17.9 Å². The van der Waals surface area contributed by atoms with Crippen molar-refractivity contribution in [1.29, 1.82) is 0 Å². The van der Waals surface area contributed by atoms with Crippen LogP contribution in [-0.2, 0) is 10.0 Å². The van der Waals surface area contributed by atoms with E-state index in [0.29, 0.717) is 29.2 Å². The second-order valence-electron chi connectivity index (χ2n) is 7.17. The van der Waals surface area contributed by atoms with E-state index in [4.69, 9.17) is 4.74 Å². The van der Waals surface area contributed by atoms with Gasteiger partial charge in [-0.05, 0) is 81.4 Å². The molecule has 7 heteroatoms. The molecule has 0 atom stereocenters. The first-order chi connectivity index (χ1) is 14.8. The molecule has 3 aromatic rings. The van der Waals surface area contributed by atoms with Gasteiger partial charge in [0.25, 0.3) is 15.9 Å². The molecule has 3 aromatic carbocycles. The first kappa shape index (κ1) is 22.4. The van der Waals surface area contributed by atoms with E-state index < -0.39 is 10.0 Å². The second kappa shape index (κ2) is 9.66. The van der Waals surface area contributed by atoms with Crippen LogP contribution in [0.1, 0.15) is 31.1 Å². The van der Waals surface area contributed by atoms with Gasteiger partial charge in [0.05, 0.1) is 16.7 Å². The molecule has 0 fully saturated rings. The van der Waals surface area contributed by atoms with Gasteiger partial charge in [0, 0.05) is 17.8 Å². The average Bonchev–Trinajstić information content (AvgIpc) is 2.75. The summed E-state index contributed by atoms with van der Waals surface area (Å²) in [6, 6.07) is 22.0. The first-order valence-corrected chi connectivity index (χ1v) is 11.5. The highest BCUT2D eigenvalue weighted by atomic mass is 32.2. The number of carbonyl (C=O) groups is 1. The lowest BCUT2D eigenvalue weighted by molar-refractivity contribution is 0.102. The summed E-state index contributed by atoms with van der Waals surface area (Å²) >= 11 is 0. The van der Waals surface area contributed by atoms with Gasteiger partial charge in [0.15, 0.2) is 0 Å². The zero-order valence-electron chi connectivity index (χ0n) is 17.8. The molecule has 1 amide bonds. The van der Waals surface area contributed by atoms with Crippen LogP contribution in [0.2, 0.25) is 0 Å². The van der Waals surface area contributed by atoms with Crippen LogP contribution in [0.5, 0.6) is 5.75 Å². The fourth-order valence-electron chi connectivity index (χ4n) is 3.08.